The summed E-state index contributed by atoms with van der Waals surface area (Å²) in [4.78, 5) is 12.3. The average Bonchev–Trinajstić information content (AvgIpc) is 2.18. The van der Waals surface area contributed by atoms with Crippen LogP contribution in [0, 0.1) is 0 Å². The van der Waals surface area contributed by atoms with Gasteiger partial charge >= 0.3 is 0 Å². The van der Waals surface area contributed by atoms with E-state index in [9.17, 15) is 4.79 Å². The summed E-state index contributed by atoms with van der Waals surface area (Å²) < 4.78 is 0. The van der Waals surface area contributed by atoms with Crippen LogP contribution in [0.15, 0.2) is 30.3 Å². The molecule has 0 saturated carbocycles. The summed E-state index contributed by atoms with van der Waals surface area (Å²) in [5.74, 6) is 0. The lowest BCUT2D eigenvalue weighted by atomic mass is 10.1. The number of benzene rings is 1. The Bertz CT molecular complexity index is 336. The fraction of sp³-hybridized carbons (Fsp3) is 0.250. The maximum Gasteiger partial charge on any atom is 0.143 e. The van der Waals surface area contributed by atoms with Crippen LogP contribution in [-0.4, -0.2) is 20.4 Å². The fourth-order valence-electron chi connectivity index (χ4n) is 1.22. The van der Waals surface area contributed by atoms with Gasteiger partial charge in [0.1, 0.15) is 6.29 Å². The fourth-order valence-corrected chi connectivity index (χ4v) is 1.22. The van der Waals surface area contributed by atoms with Crippen molar-refractivity contribution in [1.82, 2.24) is 0 Å². The van der Waals surface area contributed by atoms with Gasteiger partial charge in [-0.05, 0) is 36.3 Å². The second kappa shape index (κ2) is 4.61. The number of rotatable bonds is 3. The van der Waals surface area contributed by atoms with Gasteiger partial charge in [0.2, 0.25) is 0 Å². The molecule has 1 aromatic carbocycles. The van der Waals surface area contributed by atoms with Crippen molar-refractivity contribution < 1.29 is 4.79 Å². The molecule has 0 aromatic heterocycles. The zero-order chi connectivity index (χ0) is 10.6. The number of aldehydes is 1. The van der Waals surface area contributed by atoms with Crippen LogP contribution in [0.4, 0.5) is 5.69 Å². The van der Waals surface area contributed by atoms with Crippen molar-refractivity contribution in [2.45, 2.75) is 6.92 Å². The van der Waals surface area contributed by atoms with Gasteiger partial charge in [-0.15, -0.1) is 0 Å². The lowest BCUT2D eigenvalue weighted by Gasteiger charge is -2.12. The van der Waals surface area contributed by atoms with Crippen molar-refractivity contribution in [3.8, 4) is 0 Å². The van der Waals surface area contributed by atoms with E-state index in [1.165, 1.54) is 0 Å². The summed E-state index contributed by atoms with van der Waals surface area (Å²) >= 11 is 0. The molecule has 0 atom stereocenters. The van der Waals surface area contributed by atoms with Crippen molar-refractivity contribution >= 4 is 17.5 Å². The molecular formula is C12H15NO. The molecular weight excluding hydrogens is 174 g/mol. The number of allylic oxidation sites excluding steroid dienone is 2. The quantitative estimate of drug-likeness (QED) is 0.537. The summed E-state index contributed by atoms with van der Waals surface area (Å²) in [7, 11) is 4.01. The number of anilines is 1. The van der Waals surface area contributed by atoms with Gasteiger partial charge in [-0.25, -0.2) is 0 Å². The third-order valence-corrected chi connectivity index (χ3v) is 2.16. The summed E-state index contributed by atoms with van der Waals surface area (Å²) in [6.07, 6.45) is 2.39. The number of hydrogen-bond donors (Lipinski definition) is 0. The third-order valence-electron chi connectivity index (χ3n) is 2.16. The predicted molar refractivity (Wildman–Crippen MR) is 60.5 cm³/mol. The van der Waals surface area contributed by atoms with Crippen molar-refractivity contribution in [2.24, 2.45) is 0 Å². The van der Waals surface area contributed by atoms with Gasteiger partial charge in [0.05, 0.1) is 0 Å². The normalized spacial score (nSPS) is 11.2. The second-order valence-electron chi connectivity index (χ2n) is 3.43. The first kappa shape index (κ1) is 10.5. The summed E-state index contributed by atoms with van der Waals surface area (Å²) in [6, 6.07) is 8.12. The maximum absolute atomic E-state index is 10.3. The van der Waals surface area contributed by atoms with Crippen LogP contribution < -0.4 is 4.90 Å². The summed E-state index contributed by atoms with van der Waals surface area (Å²) in [5.41, 5.74) is 3.24. The minimum atomic E-state index is 0.815. The zero-order valence-electron chi connectivity index (χ0n) is 8.82. The topological polar surface area (TPSA) is 20.3 Å². The van der Waals surface area contributed by atoms with Crippen molar-refractivity contribution in [1.29, 1.82) is 0 Å². The average molecular weight is 189 g/mol. The molecule has 1 rings (SSSR count). The van der Waals surface area contributed by atoms with Gasteiger partial charge in [-0.1, -0.05) is 12.1 Å². The molecule has 0 heterocycles. The first-order chi connectivity index (χ1) is 6.65. The number of carbonyl (C=O) groups excluding carboxylic acids is 1. The Labute approximate surface area is 84.9 Å². The van der Waals surface area contributed by atoms with Crippen LogP contribution in [0.3, 0.4) is 0 Å². The molecule has 0 fully saturated rings. The lowest BCUT2D eigenvalue weighted by Crippen LogP contribution is -2.08. The van der Waals surface area contributed by atoms with Gasteiger partial charge in [0.15, 0.2) is 0 Å². The monoisotopic (exact) mass is 189 g/mol. The molecule has 74 valence electrons. The smallest absolute Gasteiger partial charge is 0.143 e. The van der Waals surface area contributed by atoms with Gasteiger partial charge < -0.3 is 4.90 Å². The molecule has 0 bridgehead atoms. The predicted octanol–water partition coefficient (Wildman–Crippen LogP) is 2.35. The lowest BCUT2D eigenvalue weighted by molar-refractivity contribution is -0.104. The molecule has 0 radical (unpaired) electrons. The largest absolute Gasteiger partial charge is 0.378 e. The Hall–Kier alpha value is -1.57. The molecule has 2 nitrogen and oxygen atoms in total. The molecule has 2 heteroatoms. The van der Waals surface area contributed by atoms with E-state index < -0.39 is 0 Å². The summed E-state index contributed by atoms with van der Waals surface area (Å²) in [6.45, 7) is 1.93. The van der Waals surface area contributed by atoms with Gasteiger partial charge in [-0.3, -0.25) is 4.79 Å². The van der Waals surface area contributed by atoms with E-state index in [-0.39, 0.29) is 0 Å². The Morgan fingerprint density at radius 3 is 2.21 bits per heavy atom. The molecule has 0 aliphatic rings. The highest BCUT2D eigenvalue weighted by Gasteiger charge is 1.97. The Kier molecular flexibility index (Phi) is 3.46. The van der Waals surface area contributed by atoms with Crippen LogP contribution in [-0.2, 0) is 4.79 Å². The number of hydrogen-bond acceptors (Lipinski definition) is 2. The van der Waals surface area contributed by atoms with Crippen molar-refractivity contribution in [2.75, 3.05) is 19.0 Å². The Morgan fingerprint density at radius 1 is 1.21 bits per heavy atom. The van der Waals surface area contributed by atoms with Crippen molar-refractivity contribution in [3.05, 3.63) is 35.9 Å². The van der Waals surface area contributed by atoms with Crippen molar-refractivity contribution in [3.63, 3.8) is 0 Å². The minimum Gasteiger partial charge on any atom is -0.378 e. The molecule has 0 aliphatic heterocycles. The van der Waals surface area contributed by atoms with E-state index in [0.717, 1.165) is 23.1 Å². The minimum absolute atomic E-state index is 0.815. The van der Waals surface area contributed by atoms with Gasteiger partial charge in [0, 0.05) is 19.8 Å². The molecule has 0 unspecified atom stereocenters. The van der Waals surface area contributed by atoms with Gasteiger partial charge in [0.25, 0.3) is 0 Å². The van der Waals surface area contributed by atoms with E-state index in [0.29, 0.717) is 0 Å². The van der Waals surface area contributed by atoms with Crippen LogP contribution in [0.2, 0.25) is 0 Å². The van der Waals surface area contributed by atoms with Crippen LogP contribution in [0.5, 0.6) is 0 Å². The highest BCUT2D eigenvalue weighted by molar-refractivity contribution is 5.80. The first-order valence-corrected chi connectivity index (χ1v) is 4.55. The SMILES string of the molecule is C/C(=C/C=O)c1ccc(N(C)C)cc1. The standard InChI is InChI=1S/C12H15NO/c1-10(8-9-14)11-4-6-12(7-5-11)13(2)3/h4-9H,1-3H3/b10-8-. The number of nitrogens with zero attached hydrogens (tertiary/aromatic N) is 1. The molecule has 0 aliphatic carbocycles. The summed E-state index contributed by atoms with van der Waals surface area (Å²) in [5, 5.41) is 0. The molecule has 0 N–H and O–H groups in total. The highest BCUT2D eigenvalue weighted by atomic mass is 16.1. The van der Waals surface area contributed by atoms with Crippen LogP contribution in [0.1, 0.15) is 12.5 Å². The molecule has 0 amide bonds. The first-order valence-electron chi connectivity index (χ1n) is 4.55. The second-order valence-corrected chi connectivity index (χ2v) is 3.43. The van der Waals surface area contributed by atoms with Crippen LogP contribution in [0.25, 0.3) is 5.57 Å². The van der Waals surface area contributed by atoms with E-state index >= 15 is 0 Å². The maximum atomic E-state index is 10.3. The highest BCUT2D eigenvalue weighted by Crippen LogP contribution is 2.17. The van der Waals surface area contributed by atoms with E-state index in [1.54, 1.807) is 6.08 Å². The number of carbonyl (C=O) groups is 1. The molecule has 0 saturated heterocycles. The zero-order valence-corrected chi connectivity index (χ0v) is 8.82. The van der Waals surface area contributed by atoms with Crippen LogP contribution >= 0.6 is 0 Å². The molecule has 0 spiro atoms. The van der Waals surface area contributed by atoms with E-state index in [1.807, 2.05) is 50.2 Å². The third kappa shape index (κ3) is 2.46. The van der Waals surface area contributed by atoms with Gasteiger partial charge in [-0.2, -0.15) is 0 Å². The Balaban J connectivity index is 2.93. The molecule has 1 aromatic rings. The van der Waals surface area contributed by atoms with E-state index in [4.69, 9.17) is 0 Å². The Morgan fingerprint density at radius 2 is 1.79 bits per heavy atom. The van der Waals surface area contributed by atoms with E-state index in [2.05, 4.69) is 0 Å². The molecule has 14 heavy (non-hydrogen) atoms.